The largest absolute Gasteiger partial charge is 0.461 e. The molecular weight excluding hydrogens is 382 g/mol. The fraction of sp³-hybridized carbons (Fsp3) is 0.348. The summed E-state index contributed by atoms with van der Waals surface area (Å²) in [5.41, 5.74) is 3.97. The number of esters is 1. The smallest absolute Gasteiger partial charge is 0.356 e. The highest BCUT2D eigenvalue weighted by Crippen LogP contribution is 2.38. The molecule has 0 amide bonds. The van der Waals surface area contributed by atoms with Crippen LogP contribution in [-0.4, -0.2) is 33.5 Å². The van der Waals surface area contributed by atoms with E-state index >= 15 is 0 Å². The van der Waals surface area contributed by atoms with Gasteiger partial charge in [0.15, 0.2) is 5.78 Å². The van der Waals surface area contributed by atoms with Crippen LogP contribution in [-0.2, 0) is 17.6 Å². The number of hydrogen-bond donors (Lipinski definition) is 0. The Balaban J connectivity index is 1.49. The van der Waals surface area contributed by atoms with E-state index in [4.69, 9.17) is 9.26 Å². The molecule has 0 N–H and O–H groups in total. The molecule has 0 bridgehead atoms. The number of carbonyl (C=O) groups is 2. The molecule has 154 valence electrons. The number of pyridine rings is 1. The average molecular weight is 405 g/mol. The van der Waals surface area contributed by atoms with Gasteiger partial charge < -0.3 is 9.26 Å². The fourth-order valence-electron chi connectivity index (χ4n) is 3.83. The minimum atomic E-state index is -0.515. The summed E-state index contributed by atoms with van der Waals surface area (Å²) in [5, 5.41) is 4.04. The summed E-state index contributed by atoms with van der Waals surface area (Å²) in [4.78, 5) is 33.1. The second-order valence-electron chi connectivity index (χ2n) is 7.29. The van der Waals surface area contributed by atoms with Gasteiger partial charge in [0.2, 0.25) is 11.7 Å². The number of carbonyl (C=O) groups excluding carboxylic acids is 2. The molecule has 0 saturated heterocycles. The van der Waals surface area contributed by atoms with Crippen LogP contribution in [0.1, 0.15) is 70.5 Å². The van der Waals surface area contributed by atoms with E-state index in [-0.39, 0.29) is 24.0 Å². The Kier molecular flexibility index (Phi) is 5.70. The number of fused-ring (bicyclic) bond motifs is 1. The minimum Gasteiger partial charge on any atom is -0.461 e. The van der Waals surface area contributed by atoms with Gasteiger partial charge in [0.1, 0.15) is 5.69 Å². The number of rotatable bonds is 7. The van der Waals surface area contributed by atoms with Crippen molar-refractivity contribution in [1.82, 2.24) is 15.1 Å². The standard InChI is InChI=1S/C23H23N3O4/c1-3-21-25-22(26-30-21)17-7-8-18-14(11-17)5-6-15(18)13-20(27)16-9-10-24-19(12-16)23(28)29-4-2/h7-12,15H,3-6,13H2,1-2H3/t15-/m0/s1. The lowest BCUT2D eigenvalue weighted by atomic mass is 9.92. The van der Waals surface area contributed by atoms with E-state index in [2.05, 4.69) is 27.3 Å². The number of benzene rings is 1. The molecule has 1 aromatic carbocycles. The molecule has 1 aliphatic carbocycles. The first kappa shape index (κ1) is 19.9. The van der Waals surface area contributed by atoms with Crippen molar-refractivity contribution in [3.05, 3.63) is 64.8 Å². The van der Waals surface area contributed by atoms with Crippen LogP contribution >= 0.6 is 0 Å². The zero-order valence-corrected chi connectivity index (χ0v) is 17.1. The number of ether oxygens (including phenoxy) is 1. The second-order valence-corrected chi connectivity index (χ2v) is 7.29. The SMILES string of the molecule is CCOC(=O)c1cc(C(=O)C[C@@H]2CCc3cc(-c4noc(CC)n4)ccc32)ccn1. The molecule has 1 aliphatic rings. The van der Waals surface area contributed by atoms with Crippen molar-refractivity contribution >= 4 is 11.8 Å². The summed E-state index contributed by atoms with van der Waals surface area (Å²) in [6, 6.07) is 9.30. The van der Waals surface area contributed by atoms with Crippen molar-refractivity contribution in [2.75, 3.05) is 6.61 Å². The van der Waals surface area contributed by atoms with Gasteiger partial charge in [-0.3, -0.25) is 4.79 Å². The Bertz CT molecular complexity index is 1090. The molecule has 2 aromatic heterocycles. The normalized spacial score (nSPS) is 15.1. The van der Waals surface area contributed by atoms with E-state index in [1.54, 1.807) is 13.0 Å². The molecule has 7 nitrogen and oxygen atoms in total. The van der Waals surface area contributed by atoms with Gasteiger partial charge >= 0.3 is 5.97 Å². The fourth-order valence-corrected chi connectivity index (χ4v) is 3.83. The predicted molar refractivity (Wildman–Crippen MR) is 109 cm³/mol. The zero-order valence-electron chi connectivity index (χ0n) is 17.1. The van der Waals surface area contributed by atoms with Crippen LogP contribution in [0.2, 0.25) is 0 Å². The van der Waals surface area contributed by atoms with Crippen LogP contribution in [0.4, 0.5) is 0 Å². The van der Waals surface area contributed by atoms with Crippen LogP contribution in [0, 0.1) is 0 Å². The van der Waals surface area contributed by atoms with E-state index in [9.17, 15) is 9.59 Å². The first-order valence-electron chi connectivity index (χ1n) is 10.2. The Hall–Kier alpha value is -3.35. The van der Waals surface area contributed by atoms with E-state index < -0.39 is 5.97 Å². The van der Waals surface area contributed by atoms with Crippen LogP contribution in [0.25, 0.3) is 11.4 Å². The maximum atomic E-state index is 12.9. The third-order valence-corrected chi connectivity index (χ3v) is 5.37. The van der Waals surface area contributed by atoms with Gasteiger partial charge in [-0.1, -0.05) is 24.2 Å². The van der Waals surface area contributed by atoms with Crippen LogP contribution < -0.4 is 0 Å². The quantitative estimate of drug-likeness (QED) is 0.430. The summed E-state index contributed by atoms with van der Waals surface area (Å²) in [6.07, 6.45) is 4.39. The molecule has 3 aromatic rings. The molecule has 4 rings (SSSR count). The summed E-state index contributed by atoms with van der Waals surface area (Å²) >= 11 is 0. The van der Waals surface area contributed by atoms with Crippen LogP contribution in [0.15, 0.2) is 41.1 Å². The molecule has 7 heteroatoms. The van der Waals surface area contributed by atoms with E-state index in [1.807, 2.05) is 13.0 Å². The van der Waals surface area contributed by atoms with Gasteiger partial charge in [-0.2, -0.15) is 4.98 Å². The van der Waals surface area contributed by atoms with Crippen molar-refractivity contribution in [1.29, 1.82) is 0 Å². The maximum Gasteiger partial charge on any atom is 0.356 e. The summed E-state index contributed by atoms with van der Waals surface area (Å²) in [6.45, 7) is 3.97. The Morgan fingerprint density at radius 1 is 1.20 bits per heavy atom. The molecule has 0 spiro atoms. The molecule has 0 fully saturated rings. The monoisotopic (exact) mass is 405 g/mol. The Morgan fingerprint density at radius 3 is 2.83 bits per heavy atom. The molecule has 0 aliphatic heterocycles. The van der Waals surface area contributed by atoms with E-state index in [1.165, 1.54) is 23.4 Å². The lowest BCUT2D eigenvalue weighted by molar-refractivity contribution is 0.0519. The van der Waals surface area contributed by atoms with Crippen LogP contribution in [0.5, 0.6) is 0 Å². The molecule has 0 radical (unpaired) electrons. The Morgan fingerprint density at radius 2 is 2.07 bits per heavy atom. The van der Waals surface area contributed by atoms with Crippen molar-refractivity contribution in [2.45, 2.75) is 45.4 Å². The molecule has 0 unspecified atom stereocenters. The summed E-state index contributed by atoms with van der Waals surface area (Å²) in [5.74, 6) is 0.845. The highest BCUT2D eigenvalue weighted by molar-refractivity contribution is 5.98. The number of aryl methyl sites for hydroxylation is 2. The lowest BCUT2D eigenvalue weighted by Crippen LogP contribution is -2.10. The molecule has 0 saturated carbocycles. The van der Waals surface area contributed by atoms with Gasteiger partial charge in [-0.25, -0.2) is 9.78 Å². The third-order valence-electron chi connectivity index (χ3n) is 5.37. The molecule has 1 atom stereocenters. The molecule has 30 heavy (non-hydrogen) atoms. The highest BCUT2D eigenvalue weighted by atomic mass is 16.5. The van der Waals surface area contributed by atoms with Gasteiger partial charge in [0.25, 0.3) is 0 Å². The lowest BCUT2D eigenvalue weighted by Gasteiger charge is -2.11. The second kappa shape index (κ2) is 8.57. The minimum absolute atomic E-state index is 0.00405. The Labute approximate surface area is 174 Å². The summed E-state index contributed by atoms with van der Waals surface area (Å²) in [7, 11) is 0. The van der Waals surface area contributed by atoms with Crippen LogP contribution in [0.3, 0.4) is 0 Å². The van der Waals surface area contributed by atoms with E-state index in [0.717, 1.165) is 18.4 Å². The topological polar surface area (TPSA) is 95.2 Å². The van der Waals surface area contributed by atoms with Gasteiger partial charge in [0.05, 0.1) is 6.61 Å². The highest BCUT2D eigenvalue weighted by Gasteiger charge is 2.26. The number of ketones is 1. The molecular formula is C23H23N3O4. The molecule has 2 heterocycles. The predicted octanol–water partition coefficient (Wildman–Crippen LogP) is 4.17. The zero-order chi connectivity index (χ0) is 21.1. The van der Waals surface area contributed by atoms with Crippen molar-refractivity contribution in [3.63, 3.8) is 0 Å². The first-order valence-corrected chi connectivity index (χ1v) is 10.2. The first-order chi connectivity index (χ1) is 14.6. The number of aromatic nitrogens is 3. The van der Waals surface area contributed by atoms with E-state index in [0.29, 0.717) is 30.1 Å². The number of hydrogen-bond acceptors (Lipinski definition) is 7. The van der Waals surface area contributed by atoms with Gasteiger partial charge in [0, 0.05) is 30.2 Å². The van der Waals surface area contributed by atoms with Gasteiger partial charge in [-0.05, 0) is 55.0 Å². The van der Waals surface area contributed by atoms with Crippen molar-refractivity contribution < 1.29 is 18.8 Å². The van der Waals surface area contributed by atoms with Gasteiger partial charge in [-0.15, -0.1) is 0 Å². The van der Waals surface area contributed by atoms with Crippen molar-refractivity contribution in [3.8, 4) is 11.4 Å². The number of Topliss-reactive ketones (excluding diaryl/α,β-unsaturated/α-hetero) is 1. The summed E-state index contributed by atoms with van der Waals surface area (Å²) < 4.78 is 10.2. The maximum absolute atomic E-state index is 12.9. The number of nitrogens with zero attached hydrogens (tertiary/aromatic N) is 3. The van der Waals surface area contributed by atoms with Crippen molar-refractivity contribution in [2.24, 2.45) is 0 Å². The third kappa shape index (κ3) is 4.01. The average Bonchev–Trinajstić information content (AvgIpc) is 3.41.